The second-order valence-corrected chi connectivity index (χ2v) is 5.50. The number of rotatable bonds is 3. The van der Waals surface area contributed by atoms with Crippen LogP contribution >= 0.6 is 11.5 Å². The molecule has 1 amide bonds. The molecule has 98 valence electrons. The van der Waals surface area contributed by atoms with Crippen LogP contribution in [0.2, 0.25) is 0 Å². The molecular formula is C11H15N3O3S. The number of nitrogens with zero attached hydrogens (tertiary/aromatic N) is 3. The molecule has 1 aliphatic rings. The van der Waals surface area contributed by atoms with Gasteiger partial charge < -0.3 is 10.0 Å². The molecule has 0 aromatic carbocycles. The molecule has 18 heavy (non-hydrogen) atoms. The zero-order valence-corrected chi connectivity index (χ0v) is 11.2. The molecule has 0 saturated carbocycles. The summed E-state index contributed by atoms with van der Waals surface area (Å²) in [5.41, 5.74) is -0.144. The molecule has 2 rings (SSSR count). The van der Waals surface area contributed by atoms with Crippen molar-refractivity contribution >= 4 is 23.4 Å². The summed E-state index contributed by atoms with van der Waals surface area (Å²) in [6.45, 7) is 4.32. The Morgan fingerprint density at radius 1 is 1.56 bits per heavy atom. The maximum atomic E-state index is 12.3. The van der Waals surface area contributed by atoms with Crippen molar-refractivity contribution in [2.24, 2.45) is 5.41 Å². The fraction of sp³-hybridized carbons (Fsp3) is 0.636. The smallest absolute Gasteiger partial charge is 0.311 e. The minimum atomic E-state index is -0.851. The predicted octanol–water partition coefficient (Wildman–Crippen LogP) is 1.04. The van der Waals surface area contributed by atoms with Gasteiger partial charge in [0.2, 0.25) is 0 Å². The SMILES string of the molecule is CCc1nnsc1C(=O)N1CCC(C)(C(=O)O)C1. The Labute approximate surface area is 109 Å². The Bertz CT molecular complexity index is 488. The molecular weight excluding hydrogens is 254 g/mol. The van der Waals surface area contributed by atoms with Crippen LogP contribution in [0.5, 0.6) is 0 Å². The second kappa shape index (κ2) is 4.64. The molecule has 0 bridgehead atoms. The van der Waals surface area contributed by atoms with Gasteiger partial charge in [-0.3, -0.25) is 9.59 Å². The number of carbonyl (C=O) groups is 2. The summed E-state index contributed by atoms with van der Waals surface area (Å²) >= 11 is 1.08. The van der Waals surface area contributed by atoms with Crippen LogP contribution < -0.4 is 0 Å². The van der Waals surface area contributed by atoms with Crippen molar-refractivity contribution in [2.45, 2.75) is 26.7 Å². The fourth-order valence-electron chi connectivity index (χ4n) is 2.05. The topological polar surface area (TPSA) is 83.4 Å². The van der Waals surface area contributed by atoms with Gasteiger partial charge in [-0.05, 0) is 31.3 Å². The van der Waals surface area contributed by atoms with Crippen LogP contribution in [0.25, 0.3) is 0 Å². The first-order valence-electron chi connectivity index (χ1n) is 5.82. The maximum absolute atomic E-state index is 12.3. The lowest BCUT2D eigenvalue weighted by atomic mass is 9.90. The van der Waals surface area contributed by atoms with Crippen LogP contribution in [0.1, 0.15) is 35.6 Å². The van der Waals surface area contributed by atoms with Crippen molar-refractivity contribution in [2.75, 3.05) is 13.1 Å². The van der Waals surface area contributed by atoms with E-state index in [2.05, 4.69) is 9.59 Å². The summed E-state index contributed by atoms with van der Waals surface area (Å²) in [6.07, 6.45) is 1.14. The summed E-state index contributed by atoms with van der Waals surface area (Å²) < 4.78 is 3.78. The van der Waals surface area contributed by atoms with Crippen LogP contribution in [0.15, 0.2) is 0 Å². The number of hydrogen-bond donors (Lipinski definition) is 1. The van der Waals surface area contributed by atoms with E-state index in [1.54, 1.807) is 11.8 Å². The van der Waals surface area contributed by atoms with Gasteiger partial charge in [0.1, 0.15) is 4.88 Å². The number of likely N-dealkylation sites (tertiary alicyclic amines) is 1. The number of aliphatic carboxylic acids is 1. The zero-order valence-electron chi connectivity index (χ0n) is 10.3. The monoisotopic (exact) mass is 269 g/mol. The molecule has 0 aliphatic carbocycles. The van der Waals surface area contributed by atoms with Crippen LogP contribution in [0, 0.1) is 5.41 Å². The molecule has 1 atom stereocenters. The predicted molar refractivity (Wildman–Crippen MR) is 65.6 cm³/mol. The average Bonchev–Trinajstić information content (AvgIpc) is 2.94. The van der Waals surface area contributed by atoms with Crippen LogP contribution in [0.4, 0.5) is 0 Å². The van der Waals surface area contributed by atoms with Gasteiger partial charge in [-0.1, -0.05) is 11.4 Å². The molecule has 7 heteroatoms. The number of carboxylic acids is 1. The molecule has 1 fully saturated rings. The second-order valence-electron chi connectivity index (χ2n) is 4.74. The summed E-state index contributed by atoms with van der Waals surface area (Å²) in [6, 6.07) is 0. The lowest BCUT2D eigenvalue weighted by Crippen LogP contribution is -2.34. The van der Waals surface area contributed by atoms with Gasteiger partial charge in [0.25, 0.3) is 5.91 Å². The minimum absolute atomic E-state index is 0.146. The van der Waals surface area contributed by atoms with E-state index in [9.17, 15) is 9.59 Å². The third kappa shape index (κ3) is 2.10. The Morgan fingerprint density at radius 3 is 2.83 bits per heavy atom. The molecule has 1 saturated heterocycles. The van der Waals surface area contributed by atoms with Crippen molar-refractivity contribution in [1.82, 2.24) is 14.5 Å². The lowest BCUT2D eigenvalue weighted by Gasteiger charge is -2.19. The van der Waals surface area contributed by atoms with Crippen LogP contribution in [0.3, 0.4) is 0 Å². The number of carboxylic acid groups (broad SMARTS) is 1. The summed E-state index contributed by atoms with van der Waals surface area (Å²) in [5, 5.41) is 13.0. The summed E-state index contributed by atoms with van der Waals surface area (Å²) in [7, 11) is 0. The quantitative estimate of drug-likeness (QED) is 0.886. The van der Waals surface area contributed by atoms with E-state index < -0.39 is 11.4 Å². The van der Waals surface area contributed by atoms with E-state index in [1.165, 1.54) is 0 Å². The van der Waals surface area contributed by atoms with Gasteiger partial charge in [-0.15, -0.1) is 5.10 Å². The van der Waals surface area contributed by atoms with E-state index in [0.29, 0.717) is 30.0 Å². The zero-order chi connectivity index (χ0) is 13.3. The summed E-state index contributed by atoms with van der Waals surface area (Å²) in [5.74, 6) is -0.997. The van der Waals surface area contributed by atoms with E-state index in [4.69, 9.17) is 5.11 Å². The Hall–Kier alpha value is -1.50. The fourth-order valence-corrected chi connectivity index (χ4v) is 2.77. The lowest BCUT2D eigenvalue weighted by molar-refractivity contribution is -0.147. The molecule has 2 heterocycles. The maximum Gasteiger partial charge on any atom is 0.311 e. The molecule has 1 aromatic heterocycles. The first-order chi connectivity index (χ1) is 8.48. The normalized spacial score (nSPS) is 23.3. The van der Waals surface area contributed by atoms with Crippen molar-refractivity contribution in [1.29, 1.82) is 0 Å². The molecule has 0 spiro atoms. The van der Waals surface area contributed by atoms with E-state index in [-0.39, 0.29) is 12.5 Å². The van der Waals surface area contributed by atoms with Crippen molar-refractivity contribution in [3.05, 3.63) is 10.6 Å². The number of aryl methyl sites for hydroxylation is 1. The van der Waals surface area contributed by atoms with Crippen molar-refractivity contribution in [3.8, 4) is 0 Å². The van der Waals surface area contributed by atoms with E-state index in [1.807, 2.05) is 6.92 Å². The van der Waals surface area contributed by atoms with Gasteiger partial charge in [0.05, 0.1) is 11.1 Å². The largest absolute Gasteiger partial charge is 0.481 e. The highest BCUT2D eigenvalue weighted by molar-refractivity contribution is 7.08. The average molecular weight is 269 g/mol. The van der Waals surface area contributed by atoms with Gasteiger partial charge in [-0.25, -0.2) is 0 Å². The van der Waals surface area contributed by atoms with Crippen molar-refractivity contribution in [3.63, 3.8) is 0 Å². The third-order valence-corrected chi connectivity index (χ3v) is 4.12. The Kier molecular flexibility index (Phi) is 3.34. The van der Waals surface area contributed by atoms with Crippen LogP contribution in [-0.4, -0.2) is 44.6 Å². The molecule has 0 radical (unpaired) electrons. The standard InChI is InChI=1S/C11H15N3O3S/c1-3-7-8(18-13-12-7)9(15)14-5-4-11(2,6-14)10(16)17/h3-6H2,1-2H3,(H,16,17). The van der Waals surface area contributed by atoms with Crippen LogP contribution in [-0.2, 0) is 11.2 Å². The molecule has 1 aromatic rings. The highest BCUT2D eigenvalue weighted by Gasteiger charge is 2.42. The van der Waals surface area contributed by atoms with Gasteiger partial charge in [-0.2, -0.15) is 0 Å². The number of carbonyl (C=O) groups excluding carboxylic acids is 1. The highest BCUT2D eigenvalue weighted by atomic mass is 32.1. The molecule has 1 N–H and O–H groups in total. The number of hydrogen-bond acceptors (Lipinski definition) is 5. The molecule has 1 aliphatic heterocycles. The van der Waals surface area contributed by atoms with Gasteiger partial charge in [0, 0.05) is 13.1 Å². The Balaban J connectivity index is 2.15. The van der Waals surface area contributed by atoms with E-state index >= 15 is 0 Å². The first kappa shape index (κ1) is 12.9. The first-order valence-corrected chi connectivity index (χ1v) is 6.59. The number of aromatic nitrogens is 2. The van der Waals surface area contributed by atoms with Gasteiger partial charge >= 0.3 is 5.97 Å². The highest BCUT2D eigenvalue weighted by Crippen LogP contribution is 2.31. The van der Waals surface area contributed by atoms with E-state index in [0.717, 1.165) is 11.5 Å². The molecule has 6 nitrogen and oxygen atoms in total. The third-order valence-electron chi connectivity index (χ3n) is 3.36. The number of amides is 1. The minimum Gasteiger partial charge on any atom is -0.481 e. The molecule has 1 unspecified atom stereocenters. The van der Waals surface area contributed by atoms with Crippen molar-refractivity contribution < 1.29 is 14.7 Å². The van der Waals surface area contributed by atoms with Gasteiger partial charge in [0.15, 0.2) is 0 Å². The summed E-state index contributed by atoms with van der Waals surface area (Å²) in [4.78, 5) is 25.5. The Morgan fingerprint density at radius 2 is 2.28 bits per heavy atom.